The Morgan fingerprint density at radius 2 is 2.07 bits per heavy atom. The molecule has 4 rings (SSSR count). The van der Waals surface area contributed by atoms with E-state index in [1.165, 1.54) is 42.3 Å². The Morgan fingerprint density at radius 3 is 2.90 bits per heavy atom. The van der Waals surface area contributed by atoms with E-state index in [1.807, 2.05) is 13.0 Å². The van der Waals surface area contributed by atoms with E-state index in [-0.39, 0.29) is 4.88 Å². The molecule has 2 aromatic heterocycles. The van der Waals surface area contributed by atoms with E-state index in [0.717, 1.165) is 35.0 Å². The van der Waals surface area contributed by atoms with Crippen LogP contribution < -0.4 is 10.1 Å². The Balaban J connectivity index is 1.44. The zero-order valence-corrected chi connectivity index (χ0v) is 17.1. The van der Waals surface area contributed by atoms with Crippen molar-refractivity contribution in [2.45, 2.75) is 32.6 Å². The summed E-state index contributed by atoms with van der Waals surface area (Å²) in [4.78, 5) is 21.0. The zero-order chi connectivity index (χ0) is 20.2. The van der Waals surface area contributed by atoms with Gasteiger partial charge in [-0.25, -0.2) is 14.8 Å². The Kier molecular flexibility index (Phi) is 5.76. The van der Waals surface area contributed by atoms with Gasteiger partial charge in [-0.05, 0) is 49.3 Å². The van der Waals surface area contributed by atoms with Crippen molar-refractivity contribution in [3.05, 3.63) is 58.2 Å². The van der Waals surface area contributed by atoms with Gasteiger partial charge in [0.25, 0.3) is 0 Å². The van der Waals surface area contributed by atoms with E-state index < -0.39 is 5.97 Å². The van der Waals surface area contributed by atoms with Crippen LogP contribution in [-0.4, -0.2) is 34.2 Å². The van der Waals surface area contributed by atoms with Crippen molar-refractivity contribution in [1.82, 2.24) is 9.97 Å². The van der Waals surface area contributed by atoms with Gasteiger partial charge in [0.1, 0.15) is 17.9 Å². The SMILES string of the molecule is CCOc1cc(-c2cc(NCCc3ccc4c(c3)CCC4)ncn2)sc1C(=O)O. The second-order valence-corrected chi connectivity index (χ2v) is 8.02. The first-order valence-corrected chi connectivity index (χ1v) is 10.6. The first kappa shape index (κ1) is 19.4. The second-order valence-electron chi connectivity index (χ2n) is 6.96. The van der Waals surface area contributed by atoms with E-state index in [4.69, 9.17) is 4.74 Å². The molecular formula is C22H23N3O3S. The van der Waals surface area contributed by atoms with Crippen LogP contribution in [0.25, 0.3) is 10.6 Å². The largest absolute Gasteiger partial charge is 0.492 e. The number of carbonyl (C=O) groups is 1. The van der Waals surface area contributed by atoms with E-state index in [1.54, 1.807) is 6.07 Å². The van der Waals surface area contributed by atoms with Gasteiger partial charge < -0.3 is 15.2 Å². The number of fused-ring (bicyclic) bond motifs is 1. The number of thiophene rings is 1. The Labute approximate surface area is 173 Å². The number of anilines is 1. The van der Waals surface area contributed by atoms with Crippen LogP contribution in [0.2, 0.25) is 0 Å². The average Bonchev–Trinajstić information content (AvgIpc) is 3.35. The minimum Gasteiger partial charge on any atom is -0.492 e. The summed E-state index contributed by atoms with van der Waals surface area (Å²) in [7, 11) is 0. The molecule has 0 bridgehead atoms. The molecule has 0 atom stereocenters. The molecule has 2 N–H and O–H groups in total. The summed E-state index contributed by atoms with van der Waals surface area (Å²) in [5.41, 5.74) is 4.99. The van der Waals surface area contributed by atoms with Crippen LogP contribution in [-0.2, 0) is 19.3 Å². The predicted octanol–water partition coefficient (Wildman–Crippen LogP) is 4.45. The van der Waals surface area contributed by atoms with Gasteiger partial charge in [-0.3, -0.25) is 0 Å². The summed E-state index contributed by atoms with van der Waals surface area (Å²) >= 11 is 1.16. The minimum atomic E-state index is -0.994. The summed E-state index contributed by atoms with van der Waals surface area (Å²) in [6.45, 7) is 3.01. The molecule has 3 aromatic rings. The highest BCUT2D eigenvalue weighted by molar-refractivity contribution is 7.17. The van der Waals surface area contributed by atoms with Crippen LogP contribution in [0.3, 0.4) is 0 Å². The highest BCUT2D eigenvalue weighted by Crippen LogP contribution is 2.36. The van der Waals surface area contributed by atoms with Gasteiger partial charge in [0.05, 0.1) is 17.2 Å². The number of carboxylic acids is 1. The molecule has 0 spiro atoms. The summed E-state index contributed by atoms with van der Waals surface area (Å²) in [6.07, 6.45) is 6.07. The second kappa shape index (κ2) is 8.61. The summed E-state index contributed by atoms with van der Waals surface area (Å²) in [5.74, 6) is 0.107. The number of carboxylic acid groups (broad SMARTS) is 1. The van der Waals surface area contributed by atoms with Crippen molar-refractivity contribution in [2.24, 2.45) is 0 Å². The third-order valence-corrected chi connectivity index (χ3v) is 6.12. The zero-order valence-electron chi connectivity index (χ0n) is 16.3. The Morgan fingerprint density at radius 1 is 1.21 bits per heavy atom. The normalized spacial score (nSPS) is 12.6. The fourth-order valence-corrected chi connectivity index (χ4v) is 4.52. The third-order valence-electron chi connectivity index (χ3n) is 4.99. The number of nitrogens with one attached hydrogen (secondary N) is 1. The molecule has 0 saturated heterocycles. The highest BCUT2D eigenvalue weighted by atomic mass is 32.1. The van der Waals surface area contributed by atoms with Crippen LogP contribution in [0.5, 0.6) is 5.75 Å². The molecule has 0 amide bonds. The lowest BCUT2D eigenvalue weighted by molar-refractivity contribution is 0.0698. The summed E-state index contributed by atoms with van der Waals surface area (Å²) in [6, 6.07) is 10.4. The highest BCUT2D eigenvalue weighted by Gasteiger charge is 2.18. The lowest BCUT2D eigenvalue weighted by Gasteiger charge is -2.08. The number of rotatable bonds is 8. The number of nitrogens with zero attached hydrogens (tertiary/aromatic N) is 2. The summed E-state index contributed by atoms with van der Waals surface area (Å²) in [5, 5.41) is 12.7. The van der Waals surface area contributed by atoms with Crippen molar-refractivity contribution in [1.29, 1.82) is 0 Å². The van der Waals surface area contributed by atoms with Gasteiger partial charge in [0.2, 0.25) is 0 Å². The van der Waals surface area contributed by atoms with Gasteiger partial charge in [0, 0.05) is 18.7 Å². The van der Waals surface area contributed by atoms with Crippen molar-refractivity contribution in [3.8, 4) is 16.3 Å². The molecule has 1 aliphatic rings. The van der Waals surface area contributed by atoms with E-state index in [0.29, 0.717) is 18.1 Å². The Hall–Kier alpha value is -2.93. The van der Waals surface area contributed by atoms with Crippen LogP contribution in [0, 0.1) is 0 Å². The standard InChI is InChI=1S/C22H23N3O3S/c1-2-28-18-12-19(29-21(18)22(26)27)17-11-20(25-13-24-17)23-9-8-14-6-7-15-4-3-5-16(15)10-14/h6-7,10-13H,2-5,8-9H2,1H3,(H,26,27)(H,23,24,25). The molecule has 29 heavy (non-hydrogen) atoms. The Bertz CT molecular complexity index is 1030. The lowest BCUT2D eigenvalue weighted by atomic mass is 10.0. The fourth-order valence-electron chi connectivity index (χ4n) is 3.62. The fraction of sp³-hybridized carbons (Fsp3) is 0.318. The predicted molar refractivity (Wildman–Crippen MR) is 114 cm³/mol. The lowest BCUT2D eigenvalue weighted by Crippen LogP contribution is -2.07. The van der Waals surface area contributed by atoms with Crippen LogP contribution in [0.1, 0.15) is 39.7 Å². The minimum absolute atomic E-state index is 0.187. The molecule has 0 aliphatic heterocycles. The molecule has 6 nitrogen and oxygen atoms in total. The number of hydrogen-bond donors (Lipinski definition) is 2. The monoisotopic (exact) mass is 409 g/mol. The van der Waals surface area contributed by atoms with Gasteiger partial charge in [-0.2, -0.15) is 0 Å². The number of hydrogen-bond acceptors (Lipinski definition) is 6. The number of aromatic nitrogens is 2. The molecule has 1 aromatic carbocycles. The first-order chi connectivity index (χ1) is 14.1. The van der Waals surface area contributed by atoms with Gasteiger partial charge >= 0.3 is 5.97 Å². The van der Waals surface area contributed by atoms with E-state index in [9.17, 15) is 9.90 Å². The first-order valence-electron chi connectivity index (χ1n) is 9.81. The van der Waals surface area contributed by atoms with Gasteiger partial charge in [-0.1, -0.05) is 18.2 Å². The van der Waals surface area contributed by atoms with Crippen LogP contribution in [0.15, 0.2) is 36.7 Å². The van der Waals surface area contributed by atoms with Crippen LogP contribution >= 0.6 is 11.3 Å². The quantitative estimate of drug-likeness (QED) is 0.572. The molecular weight excluding hydrogens is 386 g/mol. The smallest absolute Gasteiger partial charge is 0.349 e. The number of benzene rings is 1. The number of aryl methyl sites for hydroxylation is 2. The molecule has 0 fully saturated rings. The van der Waals surface area contributed by atoms with E-state index in [2.05, 4.69) is 33.5 Å². The molecule has 1 aliphatic carbocycles. The molecule has 2 heterocycles. The maximum atomic E-state index is 11.4. The number of aromatic carboxylic acids is 1. The van der Waals surface area contributed by atoms with Crippen molar-refractivity contribution >= 4 is 23.1 Å². The third kappa shape index (κ3) is 4.40. The van der Waals surface area contributed by atoms with Crippen LogP contribution in [0.4, 0.5) is 5.82 Å². The maximum absolute atomic E-state index is 11.4. The molecule has 0 radical (unpaired) electrons. The van der Waals surface area contributed by atoms with Gasteiger partial charge in [-0.15, -0.1) is 11.3 Å². The van der Waals surface area contributed by atoms with E-state index >= 15 is 0 Å². The van der Waals surface area contributed by atoms with Gasteiger partial charge in [0.15, 0.2) is 4.88 Å². The molecule has 0 saturated carbocycles. The molecule has 7 heteroatoms. The number of ether oxygens (including phenoxy) is 1. The molecule has 0 unspecified atom stereocenters. The van der Waals surface area contributed by atoms with Crippen molar-refractivity contribution in [3.63, 3.8) is 0 Å². The van der Waals surface area contributed by atoms with Crippen molar-refractivity contribution < 1.29 is 14.6 Å². The van der Waals surface area contributed by atoms with Crippen molar-refractivity contribution in [2.75, 3.05) is 18.5 Å². The summed E-state index contributed by atoms with van der Waals surface area (Å²) < 4.78 is 5.45. The maximum Gasteiger partial charge on any atom is 0.349 e. The topological polar surface area (TPSA) is 84.3 Å². The average molecular weight is 410 g/mol. The molecule has 150 valence electrons.